The van der Waals surface area contributed by atoms with E-state index in [1.165, 1.54) is 20.2 Å². The third kappa shape index (κ3) is 6.61. The molecule has 0 unspecified atom stereocenters. The first-order valence-corrected chi connectivity index (χ1v) is 13.8. The number of hydrogen-bond acceptors (Lipinski definition) is 3. The van der Waals surface area contributed by atoms with Crippen molar-refractivity contribution < 1.29 is 34.9 Å². The van der Waals surface area contributed by atoms with Crippen LogP contribution in [0.25, 0.3) is 0 Å². The Labute approximate surface area is 221 Å². The van der Waals surface area contributed by atoms with Crippen LogP contribution in [-0.4, -0.2) is 13.0 Å². The Morgan fingerprint density at radius 1 is 0.579 bits per heavy atom. The Kier molecular flexibility index (Phi) is 9.01. The second-order valence-corrected chi connectivity index (χ2v) is 12.4. The molecule has 10 heteroatoms. The zero-order chi connectivity index (χ0) is 28.3. The highest BCUT2D eigenvalue weighted by Gasteiger charge is 2.30. The van der Waals surface area contributed by atoms with Gasteiger partial charge >= 0.3 is 0 Å². The Bertz CT molecular complexity index is 1440. The van der Waals surface area contributed by atoms with Gasteiger partial charge in [-0.3, -0.25) is 0 Å². The summed E-state index contributed by atoms with van der Waals surface area (Å²) in [6, 6.07) is 30.7. The van der Waals surface area contributed by atoms with Crippen molar-refractivity contribution in [2.24, 2.45) is 0 Å². The smallest absolute Gasteiger partial charge is 0.200 e. The van der Waals surface area contributed by atoms with Crippen molar-refractivity contribution in [3.63, 3.8) is 0 Å². The van der Waals surface area contributed by atoms with Gasteiger partial charge in [0.2, 0.25) is 5.82 Å². The van der Waals surface area contributed by atoms with Crippen LogP contribution in [0, 0.1) is 29.1 Å². The van der Waals surface area contributed by atoms with Crippen molar-refractivity contribution in [3.05, 3.63) is 120 Å². The van der Waals surface area contributed by atoms with E-state index in [2.05, 4.69) is 106 Å². The van der Waals surface area contributed by atoms with E-state index >= 15 is 0 Å². The van der Waals surface area contributed by atoms with Crippen molar-refractivity contribution in [3.8, 4) is 0 Å². The highest BCUT2D eigenvalue weighted by Crippen LogP contribution is 2.32. The van der Waals surface area contributed by atoms with Crippen molar-refractivity contribution in [2.75, 3.05) is 0 Å². The molecule has 0 fully saturated rings. The van der Waals surface area contributed by atoms with E-state index in [-0.39, 0.29) is 16.3 Å². The normalized spacial score (nSPS) is 11.7. The molecule has 0 spiro atoms. The van der Waals surface area contributed by atoms with Crippen molar-refractivity contribution in [2.45, 2.75) is 45.8 Å². The average molecular weight is 567 g/mol. The maximum Gasteiger partial charge on any atom is 0.200 e. The number of benzene rings is 4. The van der Waals surface area contributed by atoms with Gasteiger partial charge < -0.3 is 4.55 Å². The van der Waals surface area contributed by atoms with Crippen LogP contribution in [0.1, 0.15) is 26.3 Å². The number of rotatable bonds is 4. The molecule has 0 aliphatic heterocycles. The molecule has 0 radical (unpaired) electrons. The molecule has 3 nitrogen and oxygen atoms in total. The van der Waals surface area contributed by atoms with Crippen LogP contribution in [0.2, 0.25) is 0 Å². The molecule has 0 saturated carbocycles. The Morgan fingerprint density at radius 2 is 0.921 bits per heavy atom. The second kappa shape index (κ2) is 11.7. The Morgan fingerprint density at radius 3 is 1.26 bits per heavy atom. The monoisotopic (exact) mass is 566 g/mol. The number of halogens is 5. The quantitative estimate of drug-likeness (QED) is 0.0853. The first-order valence-electron chi connectivity index (χ1n) is 11.2. The van der Waals surface area contributed by atoms with Gasteiger partial charge in [-0.25, -0.2) is 30.4 Å². The molecule has 0 heterocycles. The maximum absolute atomic E-state index is 12.6. The van der Waals surface area contributed by atoms with Gasteiger partial charge in [0.25, 0.3) is 0 Å². The summed E-state index contributed by atoms with van der Waals surface area (Å²) in [7, 11) is -5.82. The lowest BCUT2D eigenvalue weighted by Crippen LogP contribution is -2.12. The van der Waals surface area contributed by atoms with Crippen LogP contribution < -0.4 is 0 Å². The fourth-order valence-electron chi connectivity index (χ4n) is 3.42. The molecule has 38 heavy (non-hydrogen) atoms. The van der Waals surface area contributed by atoms with Gasteiger partial charge in [0.15, 0.2) is 38.0 Å². The average Bonchev–Trinajstić information content (AvgIpc) is 2.87. The zero-order valence-corrected chi connectivity index (χ0v) is 22.1. The zero-order valence-electron chi connectivity index (χ0n) is 20.5. The van der Waals surface area contributed by atoms with Crippen LogP contribution in [0.5, 0.6) is 0 Å². The summed E-state index contributed by atoms with van der Waals surface area (Å²) in [5.41, 5.74) is 1.57. The molecule has 0 aliphatic rings. The van der Waals surface area contributed by atoms with Gasteiger partial charge in [-0.15, -0.1) is 0 Å². The molecule has 4 aromatic carbocycles. The minimum absolute atomic E-state index is 0.0497. The third-order valence-electron chi connectivity index (χ3n) is 5.33. The largest absolute Gasteiger partial charge is 0.744 e. The molecule has 0 aliphatic carbocycles. The van der Waals surface area contributed by atoms with Crippen molar-refractivity contribution in [1.82, 2.24) is 0 Å². The van der Waals surface area contributed by atoms with E-state index in [9.17, 15) is 34.9 Å². The highest BCUT2D eigenvalue weighted by molar-refractivity contribution is 7.97. The predicted octanol–water partition coefficient (Wildman–Crippen LogP) is 7.37. The Balaban J connectivity index is 0.000000232. The predicted molar refractivity (Wildman–Crippen MR) is 134 cm³/mol. The highest BCUT2D eigenvalue weighted by atomic mass is 32.2. The SMILES string of the molecule is CC(C)(C)c1ccc([S+](c2ccccc2)c2ccccc2)cc1.O=S(=O)([O-])c1c(F)c(F)c(F)c(F)c1F. The molecule has 0 bridgehead atoms. The summed E-state index contributed by atoms with van der Waals surface area (Å²) in [5, 5.41) is 0. The summed E-state index contributed by atoms with van der Waals surface area (Å²) >= 11 is 0. The van der Waals surface area contributed by atoms with E-state index in [1.807, 2.05) is 0 Å². The molecule has 0 amide bonds. The van der Waals surface area contributed by atoms with Gasteiger partial charge in [0.05, 0.1) is 10.9 Å². The molecule has 0 N–H and O–H groups in total. The van der Waals surface area contributed by atoms with Crippen molar-refractivity contribution >= 4 is 21.0 Å². The fourth-order valence-corrected chi connectivity index (χ4v) is 6.12. The second-order valence-electron chi connectivity index (χ2n) is 9.06. The standard InChI is InChI=1S/C22H23S.C6HF5O3S/c1-22(2,3)18-14-16-21(17-15-18)23(19-10-6-4-7-11-19)20-12-8-5-9-13-20;7-1-2(8)4(10)6(15(12,13)14)5(11)3(1)9/h4-17H,1-3H3;(H,12,13,14)/q+1;/p-1. The lowest BCUT2D eigenvalue weighted by Gasteiger charge is -2.19. The van der Waals surface area contributed by atoms with Gasteiger partial charge in [-0.1, -0.05) is 69.3 Å². The molecule has 200 valence electrons. The van der Waals surface area contributed by atoms with Crippen molar-refractivity contribution in [1.29, 1.82) is 0 Å². The maximum atomic E-state index is 12.6. The number of hydrogen-bond donors (Lipinski definition) is 0. The van der Waals surface area contributed by atoms with E-state index in [1.54, 1.807) is 0 Å². The van der Waals surface area contributed by atoms with E-state index in [4.69, 9.17) is 0 Å². The molecular formula is C28H23F5O3S2. The summed E-state index contributed by atoms with van der Waals surface area (Å²) in [4.78, 5) is 1.72. The minimum Gasteiger partial charge on any atom is -0.744 e. The topological polar surface area (TPSA) is 57.2 Å². The first-order chi connectivity index (χ1) is 17.7. The first kappa shape index (κ1) is 29.3. The summed E-state index contributed by atoms with van der Waals surface area (Å²) < 4.78 is 92.9. The van der Waals surface area contributed by atoms with Crippen LogP contribution in [-0.2, 0) is 26.4 Å². The van der Waals surface area contributed by atoms with E-state index < -0.39 is 44.1 Å². The van der Waals surface area contributed by atoms with Crippen LogP contribution in [0.3, 0.4) is 0 Å². The van der Waals surface area contributed by atoms with Crippen LogP contribution >= 0.6 is 0 Å². The molecule has 4 aromatic rings. The van der Waals surface area contributed by atoms with Gasteiger partial charge in [-0.05, 0) is 47.4 Å². The van der Waals surface area contributed by atoms with Crippen LogP contribution in [0.15, 0.2) is 105 Å². The van der Waals surface area contributed by atoms with E-state index in [0.29, 0.717) is 0 Å². The molecule has 0 aromatic heterocycles. The molecule has 4 rings (SSSR count). The van der Waals surface area contributed by atoms with Gasteiger partial charge in [-0.2, -0.15) is 0 Å². The lowest BCUT2D eigenvalue weighted by molar-refractivity contribution is 0.350. The molecule has 0 saturated heterocycles. The summed E-state index contributed by atoms with van der Waals surface area (Å²) in [6.45, 7) is 6.78. The molecule has 0 atom stereocenters. The summed E-state index contributed by atoms with van der Waals surface area (Å²) in [5.74, 6) is -12.8. The van der Waals surface area contributed by atoms with E-state index in [0.717, 1.165) is 0 Å². The fraction of sp³-hybridized carbons (Fsp3) is 0.143. The lowest BCUT2D eigenvalue weighted by atomic mass is 9.87. The van der Waals surface area contributed by atoms with Gasteiger partial charge in [0.1, 0.15) is 15.0 Å². The van der Waals surface area contributed by atoms with Crippen LogP contribution in [0.4, 0.5) is 22.0 Å². The summed E-state index contributed by atoms with van der Waals surface area (Å²) in [6.07, 6.45) is 0. The minimum atomic E-state index is -5.77. The third-order valence-corrected chi connectivity index (χ3v) is 8.42. The van der Waals surface area contributed by atoms with Gasteiger partial charge in [0, 0.05) is 0 Å². The molecular weight excluding hydrogens is 543 g/mol. The Hall–Kier alpha value is -3.21.